The first-order valence-corrected chi connectivity index (χ1v) is 25.7. The van der Waals surface area contributed by atoms with E-state index in [-0.39, 0.29) is 18.5 Å². The Kier molecular flexibility index (Phi) is 47.2. The number of nitrogens with one attached hydrogen (secondary N) is 1. The topological polar surface area (TPSA) is 95.9 Å². The van der Waals surface area contributed by atoms with Gasteiger partial charge in [0.2, 0.25) is 5.91 Å². The van der Waals surface area contributed by atoms with E-state index in [0.29, 0.717) is 32.3 Å². The highest BCUT2D eigenvalue weighted by Crippen LogP contribution is 2.16. The largest absolute Gasteiger partial charge is 0.466 e. The molecule has 3 N–H and O–H groups in total. The van der Waals surface area contributed by atoms with Crippen LogP contribution in [0.4, 0.5) is 0 Å². The number of hydrogen-bond acceptors (Lipinski definition) is 5. The number of carbonyl (C=O) groups is 2. The van der Waals surface area contributed by atoms with Crippen LogP contribution in [-0.2, 0) is 14.3 Å². The maximum atomic E-state index is 12.4. The third-order valence-electron chi connectivity index (χ3n) is 11.7. The van der Waals surface area contributed by atoms with Crippen LogP contribution in [-0.4, -0.2) is 47.4 Å². The van der Waals surface area contributed by atoms with E-state index in [4.69, 9.17) is 4.74 Å². The van der Waals surface area contributed by atoms with Gasteiger partial charge >= 0.3 is 5.97 Å². The number of hydrogen-bond donors (Lipinski definition) is 3. The number of ether oxygens (including phenoxy) is 1. The number of amides is 1. The Balaban J connectivity index is 3.57. The van der Waals surface area contributed by atoms with E-state index in [1.165, 1.54) is 173 Å². The van der Waals surface area contributed by atoms with Gasteiger partial charge in [-0.3, -0.25) is 9.59 Å². The van der Waals surface area contributed by atoms with E-state index in [2.05, 4.69) is 49.5 Å². The molecule has 2 unspecified atom stereocenters. The van der Waals surface area contributed by atoms with E-state index in [1.54, 1.807) is 0 Å². The van der Waals surface area contributed by atoms with Crippen molar-refractivity contribution in [2.75, 3.05) is 13.2 Å². The first kappa shape index (κ1) is 57.1. The lowest BCUT2D eigenvalue weighted by Crippen LogP contribution is -2.45. The van der Waals surface area contributed by atoms with Crippen LogP contribution in [0, 0.1) is 0 Å². The number of rotatable bonds is 47. The highest BCUT2D eigenvalue weighted by molar-refractivity contribution is 5.76. The molecule has 6 heteroatoms. The predicted molar refractivity (Wildman–Crippen MR) is 255 cm³/mol. The Morgan fingerprint density at radius 3 is 1.36 bits per heavy atom. The summed E-state index contributed by atoms with van der Waals surface area (Å²) in [6.07, 6.45) is 58.4. The first-order chi connectivity index (χ1) is 29.0. The highest BCUT2D eigenvalue weighted by atomic mass is 16.5. The number of aliphatic hydroxyl groups is 2. The number of unbranched alkanes of at least 4 members (excludes halogenated alkanes) is 30. The molecule has 0 aliphatic rings. The van der Waals surface area contributed by atoms with Crippen LogP contribution in [0.2, 0.25) is 0 Å². The molecule has 0 aliphatic heterocycles. The summed E-state index contributed by atoms with van der Waals surface area (Å²) in [6.45, 7) is 4.87. The molecule has 0 fully saturated rings. The average Bonchev–Trinajstić information content (AvgIpc) is 3.24. The van der Waals surface area contributed by atoms with Gasteiger partial charge in [0, 0.05) is 12.8 Å². The molecular formula is C53H99NO5. The summed E-state index contributed by atoms with van der Waals surface area (Å²) in [4.78, 5) is 24.4. The van der Waals surface area contributed by atoms with Gasteiger partial charge in [0.15, 0.2) is 0 Å². The van der Waals surface area contributed by atoms with Gasteiger partial charge in [-0.05, 0) is 70.6 Å². The maximum absolute atomic E-state index is 12.4. The van der Waals surface area contributed by atoms with Gasteiger partial charge in [0.1, 0.15) is 0 Å². The van der Waals surface area contributed by atoms with Crippen molar-refractivity contribution in [1.82, 2.24) is 5.32 Å². The standard InChI is InChI=1S/C53H99NO5/c1-3-5-7-9-11-13-15-17-18-19-22-25-29-33-37-41-45-51(56)50(49-55)54-52(57)46-42-38-34-30-26-23-20-24-28-32-36-40-44-48-59-53(58)47-43-39-35-31-27-21-16-14-12-10-8-6-4-2/h14,16,23,26,34,38,50-51,55-56H,3-13,15,17-22,24-25,27-33,35-37,39-49H2,1-2H3,(H,54,57)/b16-14-,26-23-,38-34-. The second-order valence-electron chi connectivity index (χ2n) is 17.5. The second kappa shape index (κ2) is 48.7. The second-order valence-corrected chi connectivity index (χ2v) is 17.5. The third-order valence-corrected chi connectivity index (χ3v) is 11.7. The number of esters is 1. The van der Waals surface area contributed by atoms with Gasteiger partial charge in [0.05, 0.1) is 25.4 Å². The van der Waals surface area contributed by atoms with Crippen LogP contribution in [0.25, 0.3) is 0 Å². The molecule has 0 spiro atoms. The Morgan fingerprint density at radius 1 is 0.475 bits per heavy atom. The molecule has 1 amide bonds. The quantitative estimate of drug-likeness (QED) is 0.0323. The van der Waals surface area contributed by atoms with Crippen LogP contribution in [0.5, 0.6) is 0 Å². The first-order valence-electron chi connectivity index (χ1n) is 25.7. The minimum absolute atomic E-state index is 0.0266. The van der Waals surface area contributed by atoms with E-state index >= 15 is 0 Å². The Bertz CT molecular complexity index is 962. The van der Waals surface area contributed by atoms with Gasteiger partial charge in [-0.15, -0.1) is 0 Å². The van der Waals surface area contributed by atoms with Crippen molar-refractivity contribution in [2.24, 2.45) is 0 Å². The molecule has 0 saturated heterocycles. The van der Waals surface area contributed by atoms with Crippen molar-refractivity contribution in [2.45, 2.75) is 276 Å². The molecule has 0 aromatic heterocycles. The average molecular weight is 830 g/mol. The fraction of sp³-hybridized carbons (Fsp3) is 0.849. The fourth-order valence-electron chi connectivity index (χ4n) is 7.68. The summed E-state index contributed by atoms with van der Waals surface area (Å²) in [5.74, 6) is -0.142. The Hall–Kier alpha value is -1.92. The molecular weight excluding hydrogens is 731 g/mol. The molecule has 0 saturated carbocycles. The van der Waals surface area contributed by atoms with Gasteiger partial charge in [-0.25, -0.2) is 0 Å². The van der Waals surface area contributed by atoms with Crippen molar-refractivity contribution in [3.05, 3.63) is 36.5 Å². The number of allylic oxidation sites excluding steroid dienone is 6. The summed E-state index contributed by atoms with van der Waals surface area (Å²) in [7, 11) is 0. The molecule has 0 aromatic carbocycles. The molecule has 6 nitrogen and oxygen atoms in total. The molecule has 0 aliphatic carbocycles. The van der Waals surface area contributed by atoms with Crippen molar-refractivity contribution < 1.29 is 24.5 Å². The SMILES string of the molecule is CCCCCC/C=C\CCCCCCCC(=O)OCCCCCCCC/C=C\C/C=C\CCC(=O)NC(CO)C(O)CCCCCCCCCCCCCCCCCC. The zero-order valence-electron chi connectivity index (χ0n) is 39.2. The summed E-state index contributed by atoms with van der Waals surface area (Å²) in [5.41, 5.74) is 0. The summed E-state index contributed by atoms with van der Waals surface area (Å²) in [5, 5.41) is 23.2. The van der Waals surface area contributed by atoms with Crippen LogP contribution in [0.1, 0.15) is 264 Å². The van der Waals surface area contributed by atoms with Gasteiger partial charge in [0.25, 0.3) is 0 Å². The van der Waals surface area contributed by atoms with Gasteiger partial charge in [-0.1, -0.05) is 217 Å². The molecule has 0 aromatic rings. The molecule has 0 bridgehead atoms. The third kappa shape index (κ3) is 45.4. The highest BCUT2D eigenvalue weighted by Gasteiger charge is 2.19. The van der Waals surface area contributed by atoms with Crippen molar-refractivity contribution in [3.8, 4) is 0 Å². The Morgan fingerprint density at radius 2 is 0.864 bits per heavy atom. The van der Waals surface area contributed by atoms with Crippen molar-refractivity contribution in [1.29, 1.82) is 0 Å². The summed E-state index contributed by atoms with van der Waals surface area (Å²) < 4.78 is 5.44. The zero-order chi connectivity index (χ0) is 43.0. The van der Waals surface area contributed by atoms with Gasteiger partial charge in [-0.2, -0.15) is 0 Å². The number of carbonyl (C=O) groups excluding carboxylic acids is 2. The van der Waals surface area contributed by atoms with Crippen LogP contribution in [0.3, 0.4) is 0 Å². The predicted octanol–water partition coefficient (Wildman–Crippen LogP) is 15.3. The van der Waals surface area contributed by atoms with Crippen molar-refractivity contribution >= 4 is 11.9 Å². The smallest absolute Gasteiger partial charge is 0.305 e. The lowest BCUT2D eigenvalue weighted by Gasteiger charge is -2.22. The molecule has 0 radical (unpaired) electrons. The van der Waals surface area contributed by atoms with E-state index in [1.807, 2.05) is 6.08 Å². The maximum Gasteiger partial charge on any atom is 0.305 e. The summed E-state index contributed by atoms with van der Waals surface area (Å²) >= 11 is 0. The van der Waals surface area contributed by atoms with E-state index in [9.17, 15) is 19.8 Å². The van der Waals surface area contributed by atoms with Crippen molar-refractivity contribution in [3.63, 3.8) is 0 Å². The molecule has 59 heavy (non-hydrogen) atoms. The molecule has 2 atom stereocenters. The van der Waals surface area contributed by atoms with E-state index in [0.717, 1.165) is 51.4 Å². The minimum Gasteiger partial charge on any atom is -0.466 e. The Labute approximate surface area is 366 Å². The zero-order valence-corrected chi connectivity index (χ0v) is 39.2. The summed E-state index contributed by atoms with van der Waals surface area (Å²) in [6, 6.07) is -0.586. The number of aliphatic hydroxyl groups excluding tert-OH is 2. The lowest BCUT2D eigenvalue weighted by molar-refractivity contribution is -0.143. The lowest BCUT2D eigenvalue weighted by atomic mass is 10.0. The van der Waals surface area contributed by atoms with Gasteiger partial charge < -0.3 is 20.3 Å². The monoisotopic (exact) mass is 830 g/mol. The van der Waals surface area contributed by atoms with Crippen LogP contribution < -0.4 is 5.32 Å². The normalized spacial score (nSPS) is 12.9. The molecule has 346 valence electrons. The van der Waals surface area contributed by atoms with Crippen LogP contribution in [0.15, 0.2) is 36.5 Å². The fourth-order valence-corrected chi connectivity index (χ4v) is 7.68. The molecule has 0 rings (SSSR count). The van der Waals surface area contributed by atoms with E-state index < -0.39 is 12.1 Å². The minimum atomic E-state index is -0.699. The van der Waals surface area contributed by atoms with Crippen LogP contribution >= 0.6 is 0 Å². The molecule has 0 heterocycles.